The number of fused-ring (bicyclic) bond motifs is 2. The van der Waals surface area contributed by atoms with Crippen LogP contribution in [0.1, 0.15) is 42.5 Å². The molecule has 1 saturated carbocycles. The number of carbonyl (C=O) groups is 1. The molecule has 2 aromatic carbocycles. The second-order valence-corrected chi connectivity index (χ2v) is 8.43. The summed E-state index contributed by atoms with van der Waals surface area (Å²) < 4.78 is 0. The molecule has 0 unspecified atom stereocenters. The van der Waals surface area contributed by atoms with Crippen LogP contribution in [0.25, 0.3) is 10.9 Å². The molecule has 4 nitrogen and oxygen atoms in total. The predicted molar refractivity (Wildman–Crippen MR) is 118 cm³/mol. The fourth-order valence-corrected chi connectivity index (χ4v) is 4.98. The van der Waals surface area contributed by atoms with Gasteiger partial charge < -0.3 is 10.2 Å². The Morgan fingerprint density at radius 3 is 2.55 bits per heavy atom. The molecule has 2 fully saturated rings. The van der Waals surface area contributed by atoms with E-state index in [-0.39, 0.29) is 5.91 Å². The minimum Gasteiger partial charge on any atom is -0.371 e. The summed E-state index contributed by atoms with van der Waals surface area (Å²) in [4.78, 5) is 19.7. The van der Waals surface area contributed by atoms with Crippen LogP contribution in [0.2, 0.25) is 0 Å². The zero-order valence-corrected chi connectivity index (χ0v) is 16.7. The van der Waals surface area contributed by atoms with E-state index < -0.39 is 0 Å². The standard InChI is InChI=1S/C25H27N3O/c29-25(27-24-14-11-19-6-3-4-8-23(19)26-24)20-9-12-22(13-10-20)28-16-15-18-5-1-2-7-21(18)17-28/h3-4,6,8-14,18,21H,1-2,5,7,15-17H2,(H,26,27,29)/t18-,21+/m1/s1. The molecular formula is C25H27N3O. The third-order valence-electron chi connectivity index (χ3n) is 6.63. The van der Waals surface area contributed by atoms with E-state index in [0.717, 1.165) is 35.8 Å². The highest BCUT2D eigenvalue weighted by atomic mass is 16.1. The van der Waals surface area contributed by atoms with Gasteiger partial charge in [0.1, 0.15) is 5.82 Å². The van der Waals surface area contributed by atoms with Crippen molar-refractivity contribution in [3.63, 3.8) is 0 Å². The van der Waals surface area contributed by atoms with Gasteiger partial charge in [-0.1, -0.05) is 37.5 Å². The van der Waals surface area contributed by atoms with Crippen LogP contribution in [0.3, 0.4) is 0 Å². The third-order valence-corrected chi connectivity index (χ3v) is 6.63. The van der Waals surface area contributed by atoms with Crippen LogP contribution in [0.4, 0.5) is 11.5 Å². The maximum Gasteiger partial charge on any atom is 0.256 e. The Bertz CT molecular complexity index is 1010. The maximum atomic E-state index is 12.7. The summed E-state index contributed by atoms with van der Waals surface area (Å²) in [6, 6.07) is 19.8. The molecule has 2 heterocycles. The van der Waals surface area contributed by atoms with E-state index in [1.807, 2.05) is 48.5 Å². The fraction of sp³-hybridized carbons (Fsp3) is 0.360. The molecular weight excluding hydrogens is 358 g/mol. The van der Waals surface area contributed by atoms with Crippen molar-refractivity contribution in [2.24, 2.45) is 11.8 Å². The molecule has 5 rings (SSSR count). The number of anilines is 2. The molecule has 1 N–H and O–H groups in total. The summed E-state index contributed by atoms with van der Waals surface area (Å²) in [6.07, 6.45) is 6.90. The second kappa shape index (κ2) is 7.86. The van der Waals surface area contributed by atoms with Gasteiger partial charge >= 0.3 is 0 Å². The lowest BCUT2D eigenvalue weighted by Crippen LogP contribution is -2.41. The first-order chi connectivity index (χ1) is 14.3. The third kappa shape index (κ3) is 3.84. The Labute approximate surface area is 171 Å². The lowest BCUT2D eigenvalue weighted by atomic mass is 9.75. The van der Waals surface area contributed by atoms with Gasteiger partial charge in [0.15, 0.2) is 0 Å². The molecule has 0 bridgehead atoms. The maximum absolute atomic E-state index is 12.7. The lowest BCUT2D eigenvalue weighted by molar-refractivity contribution is 0.102. The van der Waals surface area contributed by atoms with Crippen molar-refractivity contribution in [3.05, 3.63) is 66.2 Å². The molecule has 1 saturated heterocycles. The van der Waals surface area contributed by atoms with Gasteiger partial charge in [-0.3, -0.25) is 4.79 Å². The number of nitrogens with zero attached hydrogens (tertiary/aromatic N) is 2. The summed E-state index contributed by atoms with van der Waals surface area (Å²) in [5.74, 6) is 2.24. The average Bonchev–Trinajstić information content (AvgIpc) is 2.79. The van der Waals surface area contributed by atoms with Crippen LogP contribution in [-0.2, 0) is 0 Å². The largest absolute Gasteiger partial charge is 0.371 e. The van der Waals surface area contributed by atoms with E-state index in [1.54, 1.807) is 0 Å². The number of aromatic nitrogens is 1. The Hall–Kier alpha value is -2.88. The topological polar surface area (TPSA) is 45.2 Å². The number of hydrogen-bond acceptors (Lipinski definition) is 3. The van der Waals surface area contributed by atoms with Crippen LogP contribution < -0.4 is 10.2 Å². The fourth-order valence-electron chi connectivity index (χ4n) is 4.98. The normalized spacial score (nSPS) is 21.6. The first-order valence-electron chi connectivity index (χ1n) is 10.8. The number of rotatable bonds is 3. The quantitative estimate of drug-likeness (QED) is 0.647. The molecule has 0 spiro atoms. The minimum atomic E-state index is -0.120. The molecule has 1 aliphatic carbocycles. The molecule has 2 atom stereocenters. The number of para-hydroxylation sites is 1. The van der Waals surface area contributed by atoms with E-state index >= 15 is 0 Å². The van der Waals surface area contributed by atoms with Crippen molar-refractivity contribution in [3.8, 4) is 0 Å². The van der Waals surface area contributed by atoms with Gasteiger partial charge in [-0.2, -0.15) is 0 Å². The number of carbonyl (C=O) groups excluding carboxylic acids is 1. The number of pyridine rings is 1. The molecule has 4 heteroatoms. The van der Waals surface area contributed by atoms with E-state index in [4.69, 9.17) is 0 Å². The summed E-state index contributed by atoms with van der Waals surface area (Å²) in [7, 11) is 0. The van der Waals surface area contributed by atoms with Gasteiger partial charge in [0.2, 0.25) is 0 Å². The van der Waals surface area contributed by atoms with E-state index in [0.29, 0.717) is 11.4 Å². The minimum absolute atomic E-state index is 0.120. The van der Waals surface area contributed by atoms with Crippen molar-refractivity contribution in [1.29, 1.82) is 0 Å². The Morgan fingerprint density at radius 2 is 1.69 bits per heavy atom. The average molecular weight is 386 g/mol. The summed E-state index contributed by atoms with van der Waals surface area (Å²) in [5, 5.41) is 3.99. The predicted octanol–water partition coefficient (Wildman–Crippen LogP) is 5.50. The number of hydrogen-bond donors (Lipinski definition) is 1. The van der Waals surface area contributed by atoms with Crippen LogP contribution >= 0.6 is 0 Å². The van der Waals surface area contributed by atoms with Crippen molar-refractivity contribution in [2.75, 3.05) is 23.3 Å². The van der Waals surface area contributed by atoms with Gasteiger partial charge in [-0.05, 0) is 67.1 Å². The van der Waals surface area contributed by atoms with Gasteiger partial charge in [-0.25, -0.2) is 4.98 Å². The molecule has 3 aromatic rings. The van der Waals surface area contributed by atoms with Gasteiger partial charge in [0, 0.05) is 29.7 Å². The second-order valence-electron chi connectivity index (χ2n) is 8.43. The van der Waals surface area contributed by atoms with Crippen LogP contribution in [0.5, 0.6) is 0 Å². The first-order valence-corrected chi connectivity index (χ1v) is 10.8. The SMILES string of the molecule is O=C(Nc1ccc2ccccc2n1)c1ccc(N2CC[C@H]3CCCC[C@H]3C2)cc1. The number of piperidine rings is 1. The first kappa shape index (κ1) is 18.2. The van der Waals surface area contributed by atoms with E-state index in [1.165, 1.54) is 37.8 Å². The molecule has 1 amide bonds. The molecule has 2 aliphatic rings. The van der Waals surface area contributed by atoms with E-state index in [9.17, 15) is 4.79 Å². The van der Waals surface area contributed by atoms with Gasteiger partial charge in [-0.15, -0.1) is 0 Å². The summed E-state index contributed by atoms with van der Waals surface area (Å²) in [5.41, 5.74) is 2.78. The van der Waals surface area contributed by atoms with Crippen LogP contribution in [0.15, 0.2) is 60.7 Å². The Kier molecular flexibility index (Phi) is 4.92. The van der Waals surface area contributed by atoms with Crippen molar-refractivity contribution >= 4 is 28.3 Å². The summed E-state index contributed by atoms with van der Waals surface area (Å²) in [6.45, 7) is 2.30. The molecule has 29 heavy (non-hydrogen) atoms. The highest BCUT2D eigenvalue weighted by molar-refractivity contribution is 6.04. The highest BCUT2D eigenvalue weighted by Gasteiger charge is 2.31. The smallest absolute Gasteiger partial charge is 0.256 e. The summed E-state index contributed by atoms with van der Waals surface area (Å²) >= 11 is 0. The molecule has 1 aromatic heterocycles. The molecule has 1 aliphatic heterocycles. The Morgan fingerprint density at radius 1 is 0.897 bits per heavy atom. The number of nitrogens with one attached hydrogen (secondary N) is 1. The number of amides is 1. The van der Waals surface area contributed by atoms with Gasteiger partial charge in [0.05, 0.1) is 5.52 Å². The Balaban J connectivity index is 1.26. The zero-order valence-electron chi connectivity index (χ0n) is 16.7. The molecule has 148 valence electrons. The monoisotopic (exact) mass is 385 g/mol. The molecule has 0 radical (unpaired) electrons. The lowest BCUT2D eigenvalue weighted by Gasteiger charge is -2.42. The zero-order chi connectivity index (χ0) is 19.6. The number of benzene rings is 2. The van der Waals surface area contributed by atoms with Crippen molar-refractivity contribution < 1.29 is 4.79 Å². The van der Waals surface area contributed by atoms with Crippen LogP contribution in [0, 0.1) is 11.8 Å². The van der Waals surface area contributed by atoms with E-state index in [2.05, 4.69) is 27.3 Å². The van der Waals surface area contributed by atoms with Gasteiger partial charge in [0.25, 0.3) is 5.91 Å². The van der Waals surface area contributed by atoms with Crippen molar-refractivity contribution in [2.45, 2.75) is 32.1 Å². The highest BCUT2D eigenvalue weighted by Crippen LogP contribution is 2.37. The van der Waals surface area contributed by atoms with Crippen LogP contribution in [-0.4, -0.2) is 24.0 Å². The van der Waals surface area contributed by atoms with Crippen molar-refractivity contribution in [1.82, 2.24) is 4.98 Å².